The second-order valence-corrected chi connectivity index (χ2v) is 35.9. The van der Waals surface area contributed by atoms with E-state index in [1.54, 1.807) is 0 Å². The first-order chi connectivity index (χ1) is 60.2. The first kappa shape index (κ1) is 77.4. The predicted octanol–water partition coefficient (Wildman–Crippen LogP) is 36.2. The molecule has 0 unspecified atom stereocenters. The first-order valence-corrected chi connectivity index (χ1v) is 44.0. The summed E-state index contributed by atoms with van der Waals surface area (Å²) in [5.74, 6) is 2.19. The second kappa shape index (κ2) is 30.3. The molecule has 0 atom stereocenters. The topological polar surface area (TPSA) is 78.8 Å². The van der Waals surface area contributed by atoms with Crippen LogP contribution in [0.4, 0.5) is 0 Å². The summed E-state index contributed by atoms with van der Waals surface area (Å²) in [5, 5.41) is 34.7. The van der Waals surface area contributed by atoms with Gasteiger partial charge in [-0.2, -0.15) is 0 Å². The van der Waals surface area contributed by atoms with Crippen molar-refractivity contribution in [3.63, 3.8) is 0 Å². The zero-order valence-electron chi connectivity index (χ0n) is 73.0. The lowest BCUT2D eigenvalue weighted by Crippen LogP contribution is -1.92. The lowest BCUT2D eigenvalue weighted by atomic mass is 9.93. The van der Waals surface area contributed by atoms with Crippen molar-refractivity contribution in [2.45, 2.75) is 133 Å². The van der Waals surface area contributed by atoms with Crippen LogP contribution in [0.2, 0.25) is 0 Å². The minimum Gasteiger partial charge on any atom is -0.456 e. The second-order valence-electron chi connectivity index (χ2n) is 35.9. The zero-order valence-corrected chi connectivity index (χ0v) is 73.0. The van der Waals surface area contributed by atoms with Crippen LogP contribution in [0.15, 0.2) is 318 Å². The summed E-state index contributed by atoms with van der Waals surface area (Å²) >= 11 is 0. The molecule has 6 heteroatoms. The van der Waals surface area contributed by atoms with Crippen molar-refractivity contribution in [3.8, 4) is 0 Å². The Kier molecular flexibility index (Phi) is 18.9. The molecule has 0 aliphatic rings. The highest BCUT2D eigenvalue weighted by molar-refractivity contribution is 6.29. The van der Waals surface area contributed by atoms with Gasteiger partial charge in [-0.1, -0.05) is 300 Å². The van der Waals surface area contributed by atoms with Crippen LogP contribution in [-0.4, -0.2) is 0 Å². The maximum Gasteiger partial charge on any atom is 0.143 e. The van der Waals surface area contributed by atoms with E-state index in [4.69, 9.17) is 26.5 Å². The Labute approximate surface area is 719 Å². The Bertz CT molecular complexity index is 8590. The fraction of sp³-hybridized carbons (Fsp3) is 0.169. The summed E-state index contributed by atoms with van der Waals surface area (Å²) in [4.78, 5) is 0. The third-order valence-corrected chi connectivity index (χ3v) is 26.4. The standard InChI is InChI=1S/4C24H20O.C22H18O2/c1-14(2)21-15(3)8-12-19-23-20(25-24(19)21)13-11-17-10-9-16-6-4-5-7-18(16)22(17)23;1-14(2)23-15(3)8-11-19-21-13-20-17(12-22(21)25-24(19)23)10-9-16-6-4-5-7-18(16)20;1-14(2)23-15(3)8-11-19-21-12-17-10-9-16-6-4-5-7-18(16)20(17)13-22(21)25-24(19)23;1-14(2)22-15(3)8-10-21-20-13-12-18-17-7-5-4-6-16(17)9-11-19(18)23(20)25-24(21)22;1-12(2)19-13(3)8-9-15-21-18(24-22(15)19)11-10-17-20(21)14-6-4-5-7-16(14)23-17/h4*4-14H,1-3H3;4-12H,1-3H3. The van der Waals surface area contributed by atoms with Gasteiger partial charge in [-0.05, 0) is 228 Å². The highest BCUT2D eigenvalue weighted by atomic mass is 16.4. The van der Waals surface area contributed by atoms with Gasteiger partial charge >= 0.3 is 0 Å². The quantitative estimate of drug-likeness (QED) is 0.160. The number of para-hydroxylation sites is 1. The minimum absolute atomic E-state index is 0.422. The van der Waals surface area contributed by atoms with Crippen LogP contribution in [0, 0.1) is 34.6 Å². The third-order valence-electron chi connectivity index (χ3n) is 26.4. The van der Waals surface area contributed by atoms with E-state index in [-0.39, 0.29) is 0 Å². The highest BCUT2D eigenvalue weighted by Gasteiger charge is 2.25. The highest BCUT2D eigenvalue weighted by Crippen LogP contribution is 2.48. The Morgan fingerprint density at radius 3 is 0.952 bits per heavy atom. The van der Waals surface area contributed by atoms with Gasteiger partial charge in [0.1, 0.15) is 67.0 Å². The van der Waals surface area contributed by atoms with E-state index in [2.05, 4.69) is 371 Å². The summed E-state index contributed by atoms with van der Waals surface area (Å²) in [6, 6.07) is 104. The lowest BCUT2D eigenvalue weighted by molar-refractivity contribution is 0.653. The summed E-state index contributed by atoms with van der Waals surface area (Å²) in [6.07, 6.45) is 0. The molecule has 0 saturated heterocycles. The Hall–Kier alpha value is -13.9. The SMILES string of the molecule is Cc1ccc2c(oc3c2ccc2c4ccccc4ccc23)c1C(C)C.Cc1ccc2c(oc3cc4c(ccc5ccccc54)cc32)c1C(C)C.Cc1ccc2c(oc3cc4ccc5ccccc5c4cc32)c1C(C)C.Cc1ccc2c(oc3ccc4ccc5ccccc5c4c32)c1C(C)C.Cc1ccc2c(oc3ccc4oc5ccccc5c4c32)c1C(C)C. The molecule has 6 aromatic heterocycles. The van der Waals surface area contributed by atoms with E-state index >= 15 is 0 Å². The molecule has 0 radical (unpaired) electrons. The fourth-order valence-corrected chi connectivity index (χ4v) is 20.8. The molecule has 25 rings (SSSR count). The molecule has 0 N–H and O–H groups in total. The molecule has 0 aliphatic carbocycles. The van der Waals surface area contributed by atoms with Crippen LogP contribution in [-0.2, 0) is 0 Å². The minimum atomic E-state index is 0.422. The van der Waals surface area contributed by atoms with Gasteiger partial charge in [0.15, 0.2) is 0 Å². The van der Waals surface area contributed by atoms with Crippen LogP contribution in [0.3, 0.4) is 0 Å². The largest absolute Gasteiger partial charge is 0.456 e. The Morgan fingerprint density at radius 1 is 0.153 bits per heavy atom. The molecule has 0 bridgehead atoms. The van der Waals surface area contributed by atoms with Crippen molar-refractivity contribution < 1.29 is 26.5 Å². The van der Waals surface area contributed by atoms with Crippen molar-refractivity contribution in [1.29, 1.82) is 0 Å². The first-order valence-electron chi connectivity index (χ1n) is 44.0. The number of aryl methyl sites for hydroxylation is 5. The van der Waals surface area contributed by atoms with E-state index in [0.717, 1.165) is 83.2 Å². The summed E-state index contributed by atoms with van der Waals surface area (Å²) in [7, 11) is 0. The maximum absolute atomic E-state index is 6.49. The normalized spacial score (nSPS) is 12.2. The molecule has 0 saturated carbocycles. The molecule has 0 aliphatic heterocycles. The predicted molar refractivity (Wildman–Crippen MR) is 530 cm³/mol. The summed E-state index contributed by atoms with van der Waals surface area (Å²) in [5.41, 5.74) is 25.0. The zero-order chi connectivity index (χ0) is 84.9. The third kappa shape index (κ3) is 12.6. The average Bonchev–Trinajstić information content (AvgIpc) is 1.57. The van der Waals surface area contributed by atoms with Crippen LogP contribution < -0.4 is 0 Å². The molecule has 0 spiro atoms. The number of rotatable bonds is 5. The van der Waals surface area contributed by atoms with Gasteiger partial charge in [-0.15, -0.1) is 0 Å². The molecular weight excluding hydrogens is 1510 g/mol. The van der Waals surface area contributed by atoms with Crippen molar-refractivity contribution in [2.24, 2.45) is 0 Å². The van der Waals surface area contributed by atoms with Gasteiger partial charge < -0.3 is 26.5 Å². The summed E-state index contributed by atoms with van der Waals surface area (Å²) < 4.78 is 37.9. The van der Waals surface area contributed by atoms with Crippen molar-refractivity contribution in [2.75, 3.05) is 0 Å². The van der Waals surface area contributed by atoms with Gasteiger partial charge in [0.2, 0.25) is 0 Å². The van der Waals surface area contributed by atoms with E-state index < -0.39 is 0 Å². The van der Waals surface area contributed by atoms with E-state index in [1.807, 2.05) is 24.3 Å². The maximum atomic E-state index is 6.49. The number of benzene rings is 19. The van der Waals surface area contributed by atoms with Crippen molar-refractivity contribution in [1.82, 2.24) is 0 Å². The average molecular weight is 1610 g/mol. The Balaban J connectivity index is 0.0000000950. The van der Waals surface area contributed by atoms with E-state index in [9.17, 15) is 0 Å². The van der Waals surface area contributed by atoms with Gasteiger partial charge in [-0.25, -0.2) is 0 Å². The summed E-state index contributed by atoms with van der Waals surface area (Å²) in [6.45, 7) is 33.2. The molecule has 6 nitrogen and oxygen atoms in total. The van der Waals surface area contributed by atoms with Gasteiger partial charge in [0.05, 0.1) is 0 Å². The molecule has 6 heterocycles. The lowest BCUT2D eigenvalue weighted by Gasteiger charge is -2.10. The van der Waals surface area contributed by atoms with Gasteiger partial charge in [0.25, 0.3) is 0 Å². The number of hydrogen-bond acceptors (Lipinski definition) is 6. The van der Waals surface area contributed by atoms with Gasteiger partial charge in [-0.3, -0.25) is 0 Å². The van der Waals surface area contributed by atoms with E-state index in [0.29, 0.717) is 29.6 Å². The van der Waals surface area contributed by atoms with Crippen molar-refractivity contribution in [3.05, 3.63) is 347 Å². The van der Waals surface area contributed by atoms with Crippen LogP contribution >= 0.6 is 0 Å². The number of hydrogen-bond donors (Lipinski definition) is 0. The van der Waals surface area contributed by atoms with E-state index in [1.165, 1.54) is 190 Å². The fourth-order valence-electron chi connectivity index (χ4n) is 20.8. The van der Waals surface area contributed by atoms with Crippen LogP contribution in [0.1, 0.15) is 154 Å². The molecule has 19 aromatic carbocycles. The van der Waals surface area contributed by atoms with Crippen molar-refractivity contribution >= 4 is 218 Å². The Morgan fingerprint density at radius 2 is 0.444 bits per heavy atom. The molecular formula is C118H98O6. The molecule has 0 amide bonds. The monoisotopic (exact) mass is 1610 g/mol. The van der Waals surface area contributed by atoms with Gasteiger partial charge in [0, 0.05) is 103 Å². The molecule has 0 fully saturated rings. The number of fused-ring (bicyclic) bond motifs is 33. The number of furan rings is 6. The molecule has 124 heavy (non-hydrogen) atoms. The molecule has 25 aromatic rings. The molecule has 606 valence electrons. The smallest absolute Gasteiger partial charge is 0.143 e. The van der Waals surface area contributed by atoms with Crippen LogP contribution in [0.5, 0.6) is 0 Å². The van der Waals surface area contributed by atoms with Crippen LogP contribution in [0.25, 0.3) is 218 Å².